The predicted molar refractivity (Wildman–Crippen MR) is 74.6 cm³/mol. The Morgan fingerprint density at radius 2 is 1.78 bits per heavy atom. The van der Waals surface area contributed by atoms with E-state index in [9.17, 15) is 0 Å². The summed E-state index contributed by atoms with van der Waals surface area (Å²) in [7, 11) is 0. The zero-order chi connectivity index (χ0) is 11.9. The third-order valence-corrected chi connectivity index (χ3v) is 4.41. The van der Waals surface area contributed by atoms with E-state index < -0.39 is 0 Å². The molecule has 1 nitrogen and oxygen atoms in total. The molecule has 2 aromatic carbocycles. The lowest BCUT2D eigenvalue weighted by Crippen LogP contribution is -2.25. The van der Waals surface area contributed by atoms with Crippen LogP contribution >= 0.6 is 0 Å². The summed E-state index contributed by atoms with van der Waals surface area (Å²) in [5, 5.41) is 3.65. The highest BCUT2D eigenvalue weighted by atomic mass is 14.9. The van der Waals surface area contributed by atoms with Crippen LogP contribution in [0.3, 0.4) is 0 Å². The van der Waals surface area contributed by atoms with Gasteiger partial charge in [-0.25, -0.2) is 0 Å². The third-order valence-electron chi connectivity index (χ3n) is 4.41. The molecule has 1 aliphatic carbocycles. The molecule has 2 aromatic rings. The van der Waals surface area contributed by atoms with E-state index in [1.54, 1.807) is 11.1 Å². The summed E-state index contributed by atoms with van der Waals surface area (Å²) in [4.78, 5) is 0. The maximum atomic E-state index is 3.65. The van der Waals surface area contributed by atoms with Crippen LogP contribution in [0.2, 0.25) is 0 Å². The predicted octanol–water partition coefficient (Wildman–Crippen LogP) is 3.88. The van der Waals surface area contributed by atoms with Crippen LogP contribution in [0.5, 0.6) is 0 Å². The van der Waals surface area contributed by atoms with E-state index in [2.05, 4.69) is 53.8 Å². The Balaban J connectivity index is 1.81. The Morgan fingerprint density at radius 1 is 0.889 bits per heavy atom. The van der Waals surface area contributed by atoms with Crippen LogP contribution in [-0.4, -0.2) is 6.54 Å². The minimum Gasteiger partial charge on any atom is -0.310 e. The van der Waals surface area contributed by atoms with Crippen LogP contribution in [-0.2, 0) is 0 Å². The molecule has 2 atom stereocenters. The second-order valence-electron chi connectivity index (χ2n) is 5.44. The van der Waals surface area contributed by atoms with E-state index >= 15 is 0 Å². The molecule has 0 aromatic heterocycles. The van der Waals surface area contributed by atoms with Gasteiger partial charge in [0.2, 0.25) is 0 Å². The van der Waals surface area contributed by atoms with Gasteiger partial charge in [0.15, 0.2) is 0 Å². The summed E-state index contributed by atoms with van der Waals surface area (Å²) in [5.74, 6) is 0.802. The fraction of sp³-hybridized carbons (Fsp3) is 0.294. The van der Waals surface area contributed by atoms with E-state index in [0.717, 1.165) is 5.92 Å². The summed E-state index contributed by atoms with van der Waals surface area (Å²) in [6, 6.07) is 18.3. The van der Waals surface area contributed by atoms with Gasteiger partial charge in [0.05, 0.1) is 0 Å². The lowest BCUT2D eigenvalue weighted by molar-refractivity contribution is 0.410. The molecule has 18 heavy (non-hydrogen) atoms. The fourth-order valence-corrected chi connectivity index (χ4v) is 3.50. The van der Waals surface area contributed by atoms with Crippen molar-refractivity contribution in [3.63, 3.8) is 0 Å². The molecule has 1 fully saturated rings. The van der Waals surface area contributed by atoms with Crippen LogP contribution in [0, 0.1) is 0 Å². The van der Waals surface area contributed by atoms with E-state index in [4.69, 9.17) is 0 Å². The monoisotopic (exact) mass is 235 g/mol. The highest BCUT2D eigenvalue weighted by molar-refractivity contribution is 5.66. The Kier molecular flexibility index (Phi) is 2.27. The third kappa shape index (κ3) is 1.51. The number of benzene rings is 2. The second-order valence-corrected chi connectivity index (χ2v) is 5.44. The average Bonchev–Trinajstić information content (AvgIpc) is 2.71. The summed E-state index contributed by atoms with van der Waals surface area (Å²) in [6.07, 6.45) is 2.60. The van der Waals surface area contributed by atoms with Gasteiger partial charge in [-0.2, -0.15) is 0 Å². The highest BCUT2D eigenvalue weighted by Gasteiger charge is 2.33. The number of fused-ring (bicyclic) bond motifs is 5. The van der Waals surface area contributed by atoms with Gasteiger partial charge in [0.1, 0.15) is 0 Å². The topological polar surface area (TPSA) is 12.0 Å². The quantitative estimate of drug-likeness (QED) is 0.791. The van der Waals surface area contributed by atoms with Crippen LogP contribution in [0.25, 0.3) is 11.1 Å². The van der Waals surface area contributed by atoms with E-state index in [-0.39, 0.29) is 0 Å². The Hall–Kier alpha value is -1.60. The van der Waals surface area contributed by atoms with Crippen molar-refractivity contribution in [1.82, 2.24) is 5.32 Å². The zero-order valence-corrected chi connectivity index (χ0v) is 10.4. The molecule has 1 N–H and O–H groups in total. The zero-order valence-electron chi connectivity index (χ0n) is 10.4. The Labute approximate surface area is 108 Å². The van der Waals surface area contributed by atoms with Crippen LogP contribution in [0.1, 0.15) is 35.9 Å². The summed E-state index contributed by atoms with van der Waals surface area (Å²) < 4.78 is 0. The van der Waals surface area contributed by atoms with Gasteiger partial charge >= 0.3 is 0 Å². The lowest BCUT2D eigenvalue weighted by atomic mass is 9.95. The van der Waals surface area contributed by atoms with Gasteiger partial charge in [0.25, 0.3) is 0 Å². The van der Waals surface area contributed by atoms with Crippen molar-refractivity contribution in [1.29, 1.82) is 0 Å². The number of piperidine rings is 1. The van der Waals surface area contributed by atoms with Crippen molar-refractivity contribution in [2.45, 2.75) is 24.8 Å². The van der Waals surface area contributed by atoms with Crippen molar-refractivity contribution in [2.75, 3.05) is 6.54 Å². The first-order chi connectivity index (χ1) is 8.92. The first-order valence-electron chi connectivity index (χ1n) is 6.84. The first-order valence-corrected chi connectivity index (χ1v) is 6.84. The van der Waals surface area contributed by atoms with Gasteiger partial charge in [-0.1, -0.05) is 42.5 Å². The molecule has 0 amide bonds. The summed E-state index contributed by atoms with van der Waals surface area (Å²) in [6.45, 7) is 1.17. The molecule has 1 aliphatic heterocycles. The van der Waals surface area contributed by atoms with Gasteiger partial charge in [-0.15, -0.1) is 0 Å². The summed E-state index contributed by atoms with van der Waals surface area (Å²) >= 11 is 0. The average molecular weight is 235 g/mol. The molecule has 1 saturated heterocycles. The SMILES string of the molecule is c1ccc(-c2ccc3c(c2)C2CC3CCN2)cc1. The molecule has 0 radical (unpaired) electrons. The van der Waals surface area contributed by atoms with Crippen molar-refractivity contribution in [3.8, 4) is 11.1 Å². The van der Waals surface area contributed by atoms with E-state index in [1.165, 1.54) is 30.5 Å². The molecule has 2 aliphatic rings. The molecule has 0 saturated carbocycles. The number of nitrogens with one attached hydrogen (secondary N) is 1. The molecule has 2 unspecified atom stereocenters. The molecule has 1 heterocycles. The number of hydrogen-bond donors (Lipinski definition) is 1. The maximum Gasteiger partial charge on any atom is 0.0329 e. The first kappa shape index (κ1) is 10.3. The Bertz CT molecular complexity index is 573. The van der Waals surface area contributed by atoms with E-state index in [0.29, 0.717) is 6.04 Å². The standard InChI is InChI=1S/C17H17N/c1-2-4-12(5-3-1)13-6-7-15-14-8-9-18-17(11-14)16(15)10-13/h1-7,10,14,17-18H,8-9,11H2. The van der Waals surface area contributed by atoms with Gasteiger partial charge in [0, 0.05) is 6.04 Å². The van der Waals surface area contributed by atoms with Crippen molar-refractivity contribution >= 4 is 0 Å². The molecule has 2 bridgehead atoms. The highest BCUT2D eigenvalue weighted by Crippen LogP contribution is 2.45. The largest absolute Gasteiger partial charge is 0.310 e. The molecule has 4 rings (SSSR count). The number of rotatable bonds is 1. The van der Waals surface area contributed by atoms with Crippen molar-refractivity contribution in [2.24, 2.45) is 0 Å². The Morgan fingerprint density at radius 3 is 2.67 bits per heavy atom. The van der Waals surface area contributed by atoms with Crippen LogP contribution in [0.4, 0.5) is 0 Å². The minimum absolute atomic E-state index is 0.599. The maximum absolute atomic E-state index is 3.65. The van der Waals surface area contributed by atoms with Gasteiger partial charge in [-0.3, -0.25) is 0 Å². The number of hydrogen-bond acceptors (Lipinski definition) is 1. The lowest BCUT2D eigenvalue weighted by Gasteiger charge is -2.20. The smallest absolute Gasteiger partial charge is 0.0329 e. The van der Waals surface area contributed by atoms with Crippen molar-refractivity contribution < 1.29 is 0 Å². The van der Waals surface area contributed by atoms with Crippen LogP contribution in [0.15, 0.2) is 48.5 Å². The van der Waals surface area contributed by atoms with Crippen molar-refractivity contribution in [3.05, 3.63) is 59.7 Å². The van der Waals surface area contributed by atoms with E-state index in [1.807, 2.05) is 0 Å². The molecule has 1 heteroatoms. The van der Waals surface area contributed by atoms with Gasteiger partial charge < -0.3 is 5.32 Å². The molecule has 90 valence electrons. The minimum atomic E-state index is 0.599. The van der Waals surface area contributed by atoms with Gasteiger partial charge in [-0.05, 0) is 53.6 Å². The molecular weight excluding hydrogens is 218 g/mol. The fourth-order valence-electron chi connectivity index (χ4n) is 3.50. The normalized spacial score (nSPS) is 24.9. The second kappa shape index (κ2) is 3.96. The van der Waals surface area contributed by atoms with Crippen LogP contribution < -0.4 is 5.32 Å². The molecular formula is C17H17N. The summed E-state index contributed by atoms with van der Waals surface area (Å²) in [5.41, 5.74) is 5.80. The molecule has 0 spiro atoms.